The van der Waals surface area contributed by atoms with Gasteiger partial charge in [-0.05, 0) is 36.6 Å². The molecule has 0 aliphatic rings. The topological polar surface area (TPSA) is 41.1 Å². The van der Waals surface area contributed by atoms with E-state index in [4.69, 9.17) is 11.6 Å². The molecule has 0 radical (unpaired) electrons. The second-order valence-corrected chi connectivity index (χ2v) is 5.71. The molecule has 2 N–H and O–H groups in total. The second-order valence-electron chi connectivity index (χ2n) is 5.28. The van der Waals surface area contributed by atoms with Gasteiger partial charge in [-0.2, -0.15) is 0 Å². The number of carbonyl (C=O) groups is 1. The third-order valence-electron chi connectivity index (χ3n) is 2.67. The van der Waals surface area contributed by atoms with Gasteiger partial charge in [0.15, 0.2) is 0 Å². The van der Waals surface area contributed by atoms with E-state index in [-0.39, 0.29) is 11.3 Å². The van der Waals surface area contributed by atoms with Crippen molar-refractivity contribution in [3.05, 3.63) is 34.9 Å². The van der Waals surface area contributed by atoms with Gasteiger partial charge in [-0.3, -0.25) is 4.79 Å². The lowest BCUT2D eigenvalue weighted by atomic mass is 9.85. The van der Waals surface area contributed by atoms with E-state index in [2.05, 4.69) is 30.5 Å². The van der Waals surface area contributed by atoms with Crippen LogP contribution in [0.3, 0.4) is 0 Å². The Balaban J connectivity index is 2.51. The molecule has 0 aliphatic carbocycles. The van der Waals surface area contributed by atoms with Crippen LogP contribution in [0.5, 0.6) is 0 Å². The molecule has 18 heavy (non-hydrogen) atoms. The highest BCUT2D eigenvalue weighted by molar-refractivity contribution is 6.30. The molecule has 3 nitrogen and oxygen atoms in total. The molecule has 0 spiro atoms. The lowest BCUT2D eigenvalue weighted by molar-refractivity contribution is -0.120. The molecule has 0 atom stereocenters. The normalized spacial score (nSPS) is 11.3. The zero-order valence-corrected chi connectivity index (χ0v) is 12.0. The first-order chi connectivity index (χ1) is 8.43. The minimum Gasteiger partial charge on any atom is -0.354 e. The molecule has 1 aromatic carbocycles. The number of carbonyl (C=O) groups excluding carboxylic acids is 1. The van der Waals surface area contributed by atoms with Crippen LogP contribution in [0.15, 0.2) is 24.3 Å². The van der Waals surface area contributed by atoms with Crippen LogP contribution in [-0.4, -0.2) is 26.0 Å². The summed E-state index contributed by atoms with van der Waals surface area (Å²) in [5.74, 6) is 0.0247. The van der Waals surface area contributed by atoms with Crippen LogP contribution in [0.25, 0.3) is 0 Å². The van der Waals surface area contributed by atoms with Crippen molar-refractivity contribution < 1.29 is 4.79 Å². The summed E-state index contributed by atoms with van der Waals surface area (Å²) in [6, 6.07) is 7.85. The Labute approximate surface area is 114 Å². The van der Waals surface area contributed by atoms with Gasteiger partial charge in [0.2, 0.25) is 5.91 Å². The van der Waals surface area contributed by atoms with Gasteiger partial charge < -0.3 is 10.6 Å². The Bertz CT molecular complexity index is 405. The number of amides is 1. The molecule has 1 amide bonds. The highest BCUT2D eigenvalue weighted by Crippen LogP contribution is 2.22. The quantitative estimate of drug-likeness (QED) is 0.831. The van der Waals surface area contributed by atoms with Crippen LogP contribution in [0.2, 0.25) is 5.02 Å². The van der Waals surface area contributed by atoms with Crippen molar-refractivity contribution in [3.63, 3.8) is 0 Å². The predicted octanol–water partition coefficient (Wildman–Crippen LogP) is 2.24. The highest BCUT2D eigenvalue weighted by atomic mass is 35.5. The van der Waals surface area contributed by atoms with Crippen molar-refractivity contribution in [2.75, 3.05) is 20.1 Å². The SMILES string of the molecule is CNCC(=O)NCC(C)(C)Cc1cccc(Cl)c1. The van der Waals surface area contributed by atoms with Gasteiger partial charge >= 0.3 is 0 Å². The summed E-state index contributed by atoms with van der Waals surface area (Å²) < 4.78 is 0. The first-order valence-electron chi connectivity index (χ1n) is 6.09. The zero-order chi connectivity index (χ0) is 13.6. The van der Waals surface area contributed by atoms with E-state index in [1.807, 2.05) is 18.2 Å². The zero-order valence-electron chi connectivity index (χ0n) is 11.2. The molecule has 0 aromatic heterocycles. The lowest BCUT2D eigenvalue weighted by Crippen LogP contribution is -2.39. The minimum atomic E-state index is 0.00802. The van der Waals surface area contributed by atoms with E-state index in [9.17, 15) is 4.79 Å². The first-order valence-corrected chi connectivity index (χ1v) is 6.46. The molecule has 0 aliphatic heterocycles. The van der Waals surface area contributed by atoms with E-state index in [1.54, 1.807) is 7.05 Å². The molecule has 0 heterocycles. The summed E-state index contributed by atoms with van der Waals surface area (Å²) in [7, 11) is 1.76. The number of likely N-dealkylation sites (N-methyl/N-ethyl adjacent to an activating group) is 1. The van der Waals surface area contributed by atoms with Gasteiger partial charge in [0, 0.05) is 11.6 Å². The Hall–Kier alpha value is -1.06. The maximum Gasteiger partial charge on any atom is 0.233 e. The monoisotopic (exact) mass is 268 g/mol. The average molecular weight is 269 g/mol. The Morgan fingerprint density at radius 2 is 2.11 bits per heavy atom. The molecule has 0 saturated carbocycles. The third kappa shape index (κ3) is 5.52. The summed E-state index contributed by atoms with van der Waals surface area (Å²) in [5.41, 5.74) is 1.20. The first kappa shape index (κ1) is 15.0. The van der Waals surface area contributed by atoms with Crippen LogP contribution in [0.1, 0.15) is 19.4 Å². The molecule has 0 fully saturated rings. The predicted molar refractivity (Wildman–Crippen MR) is 75.9 cm³/mol. The molecule has 4 heteroatoms. The maximum absolute atomic E-state index is 11.4. The van der Waals surface area contributed by atoms with Crippen molar-refractivity contribution in [2.24, 2.45) is 5.41 Å². The van der Waals surface area contributed by atoms with Crippen LogP contribution in [0, 0.1) is 5.41 Å². The molecule has 0 saturated heterocycles. The van der Waals surface area contributed by atoms with Crippen molar-refractivity contribution in [3.8, 4) is 0 Å². The standard InChI is InChI=1S/C14H21ClN2O/c1-14(2,10-17-13(18)9-16-3)8-11-5-4-6-12(15)7-11/h4-7,16H,8-10H2,1-3H3,(H,17,18). The van der Waals surface area contributed by atoms with E-state index in [0.717, 1.165) is 11.4 Å². The number of nitrogens with one attached hydrogen (secondary N) is 2. The van der Waals surface area contributed by atoms with Crippen molar-refractivity contribution in [1.82, 2.24) is 10.6 Å². The summed E-state index contributed by atoms with van der Waals surface area (Å²) in [6.07, 6.45) is 0.882. The number of halogens is 1. The van der Waals surface area contributed by atoms with Crippen LogP contribution >= 0.6 is 11.6 Å². The summed E-state index contributed by atoms with van der Waals surface area (Å²) in [5, 5.41) is 6.51. The molecule has 0 bridgehead atoms. The fraction of sp³-hybridized carbons (Fsp3) is 0.500. The van der Waals surface area contributed by atoms with Crippen molar-refractivity contribution >= 4 is 17.5 Å². The molecule has 1 aromatic rings. The van der Waals surface area contributed by atoms with Gasteiger partial charge in [-0.15, -0.1) is 0 Å². The van der Waals surface area contributed by atoms with Crippen molar-refractivity contribution in [1.29, 1.82) is 0 Å². The smallest absolute Gasteiger partial charge is 0.233 e. The Morgan fingerprint density at radius 3 is 2.72 bits per heavy atom. The largest absolute Gasteiger partial charge is 0.354 e. The number of hydrogen-bond donors (Lipinski definition) is 2. The van der Waals surface area contributed by atoms with Gasteiger partial charge in [0.25, 0.3) is 0 Å². The number of rotatable bonds is 6. The van der Waals surface area contributed by atoms with E-state index in [0.29, 0.717) is 13.1 Å². The number of benzene rings is 1. The Kier molecular flexibility index (Phi) is 5.63. The molecule has 100 valence electrons. The van der Waals surface area contributed by atoms with E-state index < -0.39 is 0 Å². The van der Waals surface area contributed by atoms with E-state index >= 15 is 0 Å². The fourth-order valence-electron chi connectivity index (χ4n) is 1.82. The highest BCUT2D eigenvalue weighted by Gasteiger charge is 2.19. The fourth-order valence-corrected chi connectivity index (χ4v) is 2.04. The molecule has 0 unspecified atom stereocenters. The Morgan fingerprint density at radius 1 is 1.39 bits per heavy atom. The molecular weight excluding hydrogens is 248 g/mol. The average Bonchev–Trinajstić information content (AvgIpc) is 2.26. The van der Waals surface area contributed by atoms with Crippen LogP contribution in [0.4, 0.5) is 0 Å². The third-order valence-corrected chi connectivity index (χ3v) is 2.91. The minimum absolute atomic E-state index is 0.00802. The molecule has 1 rings (SSSR count). The van der Waals surface area contributed by atoms with Gasteiger partial charge in [-0.1, -0.05) is 37.6 Å². The van der Waals surface area contributed by atoms with Crippen LogP contribution < -0.4 is 10.6 Å². The summed E-state index contributed by atoms with van der Waals surface area (Å²) >= 11 is 5.96. The van der Waals surface area contributed by atoms with E-state index in [1.165, 1.54) is 5.56 Å². The number of hydrogen-bond acceptors (Lipinski definition) is 2. The van der Waals surface area contributed by atoms with Crippen molar-refractivity contribution in [2.45, 2.75) is 20.3 Å². The van der Waals surface area contributed by atoms with Gasteiger partial charge in [-0.25, -0.2) is 0 Å². The summed E-state index contributed by atoms with van der Waals surface area (Å²) in [4.78, 5) is 11.4. The lowest BCUT2D eigenvalue weighted by Gasteiger charge is -2.25. The summed E-state index contributed by atoms with van der Waals surface area (Å²) in [6.45, 7) is 5.27. The second kappa shape index (κ2) is 6.76. The van der Waals surface area contributed by atoms with Crippen LogP contribution in [-0.2, 0) is 11.2 Å². The van der Waals surface area contributed by atoms with Gasteiger partial charge in [0.1, 0.15) is 0 Å². The van der Waals surface area contributed by atoms with Gasteiger partial charge in [0.05, 0.1) is 6.54 Å². The molecular formula is C14H21ClN2O. The maximum atomic E-state index is 11.4.